The van der Waals surface area contributed by atoms with Gasteiger partial charge in [0.15, 0.2) is 11.8 Å². The minimum absolute atomic E-state index is 0. The number of thiazole rings is 1. The molecular weight excluding hydrogens is 473 g/mol. The van der Waals surface area contributed by atoms with Crippen LogP contribution < -0.4 is 10.6 Å². The van der Waals surface area contributed by atoms with E-state index in [4.69, 9.17) is 4.99 Å². The second-order valence-corrected chi connectivity index (χ2v) is 7.90. The number of hydrogen-bond acceptors (Lipinski definition) is 5. The standard InChI is InChI=1S/C18H29N7S.HI/c1-4-19-18(20-10-9-17-22-13(2)14(3)26-17)21-12-16-24-23-15-8-6-5-7-11-25(15)16;/h4-12H2,1-3H3,(H2,19,20,21);1H. The highest BCUT2D eigenvalue weighted by Gasteiger charge is 2.14. The van der Waals surface area contributed by atoms with Gasteiger partial charge in [0.1, 0.15) is 12.4 Å². The van der Waals surface area contributed by atoms with Crippen molar-refractivity contribution in [2.75, 3.05) is 13.1 Å². The Kier molecular flexibility index (Phi) is 8.94. The van der Waals surface area contributed by atoms with Gasteiger partial charge in [0.25, 0.3) is 0 Å². The van der Waals surface area contributed by atoms with E-state index in [0.29, 0.717) is 6.54 Å². The van der Waals surface area contributed by atoms with Crippen molar-refractivity contribution in [2.45, 2.75) is 66.0 Å². The summed E-state index contributed by atoms with van der Waals surface area (Å²) in [5, 5.41) is 16.6. The zero-order chi connectivity index (χ0) is 18.4. The molecule has 0 bridgehead atoms. The predicted octanol–water partition coefficient (Wildman–Crippen LogP) is 2.99. The second kappa shape index (κ2) is 10.9. The largest absolute Gasteiger partial charge is 0.357 e. The van der Waals surface area contributed by atoms with Crippen molar-refractivity contribution in [1.29, 1.82) is 0 Å². The molecule has 1 aliphatic rings. The first-order chi connectivity index (χ1) is 12.7. The first-order valence-corrected chi connectivity index (χ1v) is 10.3. The van der Waals surface area contributed by atoms with Gasteiger partial charge in [0.2, 0.25) is 0 Å². The predicted molar refractivity (Wildman–Crippen MR) is 121 cm³/mol. The van der Waals surface area contributed by atoms with Crippen LogP contribution in [0.15, 0.2) is 4.99 Å². The lowest BCUT2D eigenvalue weighted by Crippen LogP contribution is -2.38. The summed E-state index contributed by atoms with van der Waals surface area (Å²) >= 11 is 1.78. The Hall–Kier alpha value is -1.23. The number of aromatic nitrogens is 4. The number of halogens is 1. The molecule has 1 aliphatic heterocycles. The average molecular weight is 503 g/mol. The molecule has 9 heteroatoms. The van der Waals surface area contributed by atoms with Crippen molar-refractivity contribution < 1.29 is 0 Å². The molecular formula is C18H30IN7S. The Morgan fingerprint density at radius 3 is 2.78 bits per heavy atom. The topological polar surface area (TPSA) is 80.0 Å². The van der Waals surface area contributed by atoms with Crippen molar-refractivity contribution in [3.8, 4) is 0 Å². The van der Waals surface area contributed by atoms with Crippen molar-refractivity contribution in [3.05, 3.63) is 27.2 Å². The summed E-state index contributed by atoms with van der Waals surface area (Å²) in [6.07, 6.45) is 5.62. The molecule has 0 aliphatic carbocycles. The van der Waals surface area contributed by atoms with Crippen molar-refractivity contribution in [2.24, 2.45) is 4.99 Å². The summed E-state index contributed by atoms with van der Waals surface area (Å²) < 4.78 is 2.25. The molecule has 0 atom stereocenters. The van der Waals surface area contributed by atoms with Gasteiger partial charge in [-0.1, -0.05) is 6.42 Å². The molecule has 0 saturated heterocycles. The molecule has 0 spiro atoms. The highest BCUT2D eigenvalue weighted by molar-refractivity contribution is 14.0. The van der Waals surface area contributed by atoms with Crippen LogP contribution in [-0.4, -0.2) is 38.8 Å². The smallest absolute Gasteiger partial charge is 0.191 e. The molecule has 150 valence electrons. The summed E-state index contributed by atoms with van der Waals surface area (Å²) in [5.74, 6) is 2.90. The first kappa shape index (κ1) is 22.1. The Morgan fingerprint density at radius 1 is 1.19 bits per heavy atom. The maximum Gasteiger partial charge on any atom is 0.191 e. The minimum Gasteiger partial charge on any atom is -0.357 e. The highest BCUT2D eigenvalue weighted by atomic mass is 127. The molecule has 3 rings (SSSR count). The van der Waals surface area contributed by atoms with Crippen molar-refractivity contribution in [1.82, 2.24) is 30.4 Å². The number of guanidine groups is 1. The number of aryl methyl sites for hydroxylation is 3. The zero-order valence-corrected chi connectivity index (χ0v) is 19.6. The third kappa shape index (κ3) is 6.13. The normalized spacial score (nSPS) is 14.3. The van der Waals surface area contributed by atoms with Gasteiger partial charge in [-0.15, -0.1) is 45.5 Å². The number of aliphatic imine (C=N–C) groups is 1. The molecule has 2 N–H and O–H groups in total. The molecule has 0 saturated carbocycles. The van der Waals surface area contributed by atoms with Gasteiger partial charge in [0, 0.05) is 37.4 Å². The van der Waals surface area contributed by atoms with E-state index in [1.807, 2.05) is 0 Å². The molecule has 0 fully saturated rings. The molecule has 0 unspecified atom stereocenters. The van der Waals surface area contributed by atoms with Gasteiger partial charge in [0.05, 0.1) is 10.7 Å². The van der Waals surface area contributed by atoms with E-state index < -0.39 is 0 Å². The molecule has 3 heterocycles. The van der Waals surface area contributed by atoms with Crippen LogP contribution in [-0.2, 0) is 25.9 Å². The van der Waals surface area contributed by atoms with Gasteiger partial charge in [-0.2, -0.15) is 0 Å². The van der Waals surface area contributed by atoms with Crippen LogP contribution in [0.3, 0.4) is 0 Å². The van der Waals surface area contributed by atoms with E-state index in [2.05, 4.69) is 51.2 Å². The second-order valence-electron chi connectivity index (χ2n) is 6.62. The average Bonchev–Trinajstić information content (AvgIpc) is 3.05. The number of rotatable bonds is 6. The number of nitrogens with zero attached hydrogens (tertiary/aromatic N) is 5. The summed E-state index contributed by atoms with van der Waals surface area (Å²) in [6.45, 7) is 9.48. The van der Waals surface area contributed by atoms with E-state index in [0.717, 1.165) is 55.8 Å². The Bertz CT molecular complexity index is 733. The fourth-order valence-corrected chi connectivity index (χ4v) is 4.02. The van der Waals surface area contributed by atoms with Gasteiger partial charge in [-0.3, -0.25) is 0 Å². The van der Waals surface area contributed by atoms with Crippen molar-refractivity contribution >= 4 is 41.3 Å². The van der Waals surface area contributed by atoms with Crippen LogP contribution in [0.1, 0.15) is 53.4 Å². The summed E-state index contributed by atoms with van der Waals surface area (Å²) in [7, 11) is 0. The summed E-state index contributed by atoms with van der Waals surface area (Å²) in [4.78, 5) is 10.6. The lowest BCUT2D eigenvalue weighted by molar-refractivity contribution is 0.605. The number of fused-ring (bicyclic) bond motifs is 1. The van der Waals surface area contributed by atoms with E-state index in [1.165, 1.54) is 29.1 Å². The minimum atomic E-state index is 0. The Morgan fingerprint density at radius 2 is 2.04 bits per heavy atom. The van der Waals surface area contributed by atoms with Crippen LogP contribution in [0.25, 0.3) is 0 Å². The van der Waals surface area contributed by atoms with Gasteiger partial charge in [-0.25, -0.2) is 9.98 Å². The summed E-state index contributed by atoms with van der Waals surface area (Å²) in [6, 6.07) is 0. The van der Waals surface area contributed by atoms with Crippen LogP contribution in [0.4, 0.5) is 0 Å². The monoisotopic (exact) mass is 503 g/mol. The van der Waals surface area contributed by atoms with Gasteiger partial charge in [-0.05, 0) is 33.6 Å². The molecule has 0 aromatic carbocycles. The molecule has 27 heavy (non-hydrogen) atoms. The van der Waals surface area contributed by atoms with E-state index >= 15 is 0 Å². The highest BCUT2D eigenvalue weighted by Crippen LogP contribution is 2.16. The van der Waals surface area contributed by atoms with E-state index in [1.54, 1.807) is 11.3 Å². The van der Waals surface area contributed by atoms with Crippen LogP contribution >= 0.6 is 35.3 Å². The van der Waals surface area contributed by atoms with E-state index in [9.17, 15) is 0 Å². The molecule has 2 aromatic heterocycles. The number of hydrogen-bond donors (Lipinski definition) is 2. The molecule has 0 radical (unpaired) electrons. The first-order valence-electron chi connectivity index (χ1n) is 9.53. The van der Waals surface area contributed by atoms with Crippen LogP contribution in [0, 0.1) is 13.8 Å². The molecule has 7 nitrogen and oxygen atoms in total. The quantitative estimate of drug-likeness (QED) is 0.360. The Balaban J connectivity index is 0.00000261. The molecule has 2 aromatic rings. The lowest BCUT2D eigenvalue weighted by atomic mass is 10.2. The van der Waals surface area contributed by atoms with Crippen LogP contribution in [0.2, 0.25) is 0 Å². The maximum atomic E-state index is 4.70. The van der Waals surface area contributed by atoms with E-state index in [-0.39, 0.29) is 24.0 Å². The van der Waals surface area contributed by atoms with Gasteiger partial charge >= 0.3 is 0 Å². The fourth-order valence-electron chi connectivity index (χ4n) is 3.09. The maximum absolute atomic E-state index is 4.70. The lowest BCUT2D eigenvalue weighted by Gasteiger charge is -2.11. The third-order valence-electron chi connectivity index (χ3n) is 4.61. The Labute approximate surface area is 182 Å². The SMILES string of the molecule is CCNC(=NCc1nnc2n1CCCCC2)NCCc1nc(C)c(C)s1.I. The van der Waals surface area contributed by atoms with Gasteiger partial charge < -0.3 is 15.2 Å². The van der Waals surface area contributed by atoms with Crippen molar-refractivity contribution in [3.63, 3.8) is 0 Å². The third-order valence-corrected chi connectivity index (χ3v) is 5.75. The molecule has 0 amide bonds. The van der Waals surface area contributed by atoms with Crippen LogP contribution in [0.5, 0.6) is 0 Å². The fraction of sp³-hybridized carbons (Fsp3) is 0.667. The number of nitrogens with one attached hydrogen (secondary N) is 2. The zero-order valence-electron chi connectivity index (χ0n) is 16.4. The summed E-state index contributed by atoms with van der Waals surface area (Å²) in [5.41, 5.74) is 1.14.